The van der Waals surface area contributed by atoms with Crippen molar-refractivity contribution in [3.05, 3.63) is 77.6 Å². The molecule has 1 amide bonds. The number of benzene rings is 2. The maximum absolute atomic E-state index is 12.9. The Morgan fingerprint density at radius 3 is 2.63 bits per heavy atom. The van der Waals surface area contributed by atoms with Gasteiger partial charge >= 0.3 is 0 Å². The zero-order valence-electron chi connectivity index (χ0n) is 10.3. The van der Waals surface area contributed by atoms with E-state index >= 15 is 0 Å². The van der Waals surface area contributed by atoms with Crippen LogP contribution in [-0.2, 0) is 11.3 Å². The first-order chi connectivity index (χ1) is 9.24. The van der Waals surface area contributed by atoms with Gasteiger partial charge in [0.05, 0.1) is 0 Å². The van der Waals surface area contributed by atoms with E-state index in [2.05, 4.69) is 5.32 Å². The molecule has 0 atom stereocenters. The quantitative estimate of drug-likeness (QED) is 0.835. The molecule has 0 aliphatic rings. The molecule has 0 aromatic heterocycles. The molecule has 1 N–H and O–H groups in total. The van der Waals surface area contributed by atoms with Gasteiger partial charge in [-0.25, -0.2) is 4.39 Å². The fourth-order valence-electron chi connectivity index (χ4n) is 1.63. The van der Waals surface area contributed by atoms with E-state index < -0.39 is 0 Å². The zero-order chi connectivity index (χ0) is 13.5. The number of halogens is 1. The molecule has 0 radical (unpaired) electrons. The first-order valence-corrected chi connectivity index (χ1v) is 5.99. The van der Waals surface area contributed by atoms with Crippen molar-refractivity contribution < 1.29 is 9.18 Å². The van der Waals surface area contributed by atoms with Gasteiger partial charge in [-0.3, -0.25) is 4.79 Å². The van der Waals surface area contributed by atoms with Crippen LogP contribution in [0.2, 0.25) is 0 Å². The van der Waals surface area contributed by atoms with Gasteiger partial charge in [-0.2, -0.15) is 0 Å². The van der Waals surface area contributed by atoms with E-state index in [-0.39, 0.29) is 11.7 Å². The summed E-state index contributed by atoms with van der Waals surface area (Å²) < 4.78 is 12.9. The van der Waals surface area contributed by atoms with Gasteiger partial charge in [-0.1, -0.05) is 42.5 Å². The lowest BCUT2D eigenvalue weighted by atomic mass is 10.2. The molecule has 2 aromatic carbocycles. The van der Waals surface area contributed by atoms with Gasteiger partial charge in [0.2, 0.25) is 5.91 Å². The molecule has 0 saturated carbocycles. The summed E-state index contributed by atoms with van der Waals surface area (Å²) in [6.07, 6.45) is 2.99. The summed E-state index contributed by atoms with van der Waals surface area (Å²) in [7, 11) is 0. The Balaban J connectivity index is 1.88. The van der Waals surface area contributed by atoms with Crippen LogP contribution < -0.4 is 5.32 Å². The monoisotopic (exact) mass is 255 g/mol. The minimum atomic E-state index is -0.313. The number of carbonyl (C=O) groups is 1. The van der Waals surface area contributed by atoms with E-state index in [0.717, 1.165) is 5.56 Å². The van der Waals surface area contributed by atoms with Gasteiger partial charge in [0.15, 0.2) is 0 Å². The number of carbonyl (C=O) groups excluding carboxylic acids is 1. The second-order valence-electron chi connectivity index (χ2n) is 4.09. The fourth-order valence-corrected chi connectivity index (χ4v) is 1.63. The number of amides is 1. The minimum absolute atomic E-state index is 0.201. The fraction of sp³-hybridized carbons (Fsp3) is 0.0625. The maximum atomic E-state index is 12.9. The third kappa shape index (κ3) is 4.39. The Hall–Kier alpha value is -2.42. The highest BCUT2D eigenvalue weighted by atomic mass is 19.1. The molecule has 19 heavy (non-hydrogen) atoms. The van der Waals surface area contributed by atoms with Crippen LogP contribution in [0.4, 0.5) is 4.39 Å². The van der Waals surface area contributed by atoms with E-state index in [1.807, 2.05) is 30.3 Å². The molecule has 0 heterocycles. The summed E-state index contributed by atoms with van der Waals surface area (Å²) in [5.74, 6) is -0.514. The van der Waals surface area contributed by atoms with Gasteiger partial charge in [0.25, 0.3) is 0 Å². The SMILES string of the molecule is O=C(C=Cc1cccc(F)c1)NCc1ccccc1. The third-order valence-corrected chi connectivity index (χ3v) is 2.59. The molecule has 2 nitrogen and oxygen atoms in total. The molecule has 0 aliphatic carbocycles. The summed E-state index contributed by atoms with van der Waals surface area (Å²) in [6.45, 7) is 0.479. The summed E-state index contributed by atoms with van der Waals surface area (Å²) in [6, 6.07) is 15.7. The molecular formula is C16H14FNO. The Labute approximate surface area is 111 Å². The van der Waals surface area contributed by atoms with Crippen LogP contribution in [0.1, 0.15) is 11.1 Å². The first kappa shape index (κ1) is 13.0. The summed E-state index contributed by atoms with van der Waals surface area (Å²) in [5, 5.41) is 2.76. The third-order valence-electron chi connectivity index (χ3n) is 2.59. The molecule has 2 aromatic rings. The topological polar surface area (TPSA) is 29.1 Å². The molecule has 2 rings (SSSR count). The van der Waals surface area contributed by atoms with Crippen LogP contribution in [0.25, 0.3) is 6.08 Å². The second kappa shape index (κ2) is 6.50. The van der Waals surface area contributed by atoms with Crippen LogP contribution in [0.3, 0.4) is 0 Å². The smallest absolute Gasteiger partial charge is 0.244 e. The van der Waals surface area contributed by atoms with Gasteiger partial charge in [0, 0.05) is 12.6 Å². The standard InChI is InChI=1S/C16H14FNO/c17-15-8-4-7-13(11-15)9-10-16(19)18-12-14-5-2-1-3-6-14/h1-11H,12H2,(H,18,19). The molecular weight excluding hydrogens is 241 g/mol. The van der Waals surface area contributed by atoms with Crippen molar-refractivity contribution >= 4 is 12.0 Å². The lowest BCUT2D eigenvalue weighted by Gasteiger charge is -2.01. The van der Waals surface area contributed by atoms with Crippen LogP contribution in [0, 0.1) is 5.82 Å². The largest absolute Gasteiger partial charge is 0.348 e. The predicted octanol–water partition coefficient (Wildman–Crippen LogP) is 3.16. The Bertz CT molecular complexity index is 578. The lowest BCUT2D eigenvalue weighted by Crippen LogP contribution is -2.20. The van der Waals surface area contributed by atoms with Crippen molar-refractivity contribution in [2.45, 2.75) is 6.54 Å². The predicted molar refractivity (Wildman–Crippen MR) is 73.7 cm³/mol. The Kier molecular flexibility index (Phi) is 4.45. The average Bonchev–Trinajstić information content (AvgIpc) is 2.44. The number of nitrogens with one attached hydrogen (secondary N) is 1. The van der Waals surface area contributed by atoms with E-state index in [4.69, 9.17) is 0 Å². The van der Waals surface area contributed by atoms with E-state index in [9.17, 15) is 9.18 Å². The van der Waals surface area contributed by atoms with E-state index in [1.54, 1.807) is 18.2 Å². The maximum Gasteiger partial charge on any atom is 0.244 e. The van der Waals surface area contributed by atoms with Crippen LogP contribution in [-0.4, -0.2) is 5.91 Å². The van der Waals surface area contributed by atoms with Gasteiger partial charge in [0.1, 0.15) is 5.82 Å². The Morgan fingerprint density at radius 2 is 1.89 bits per heavy atom. The molecule has 3 heteroatoms. The second-order valence-corrected chi connectivity index (χ2v) is 4.09. The van der Waals surface area contributed by atoms with Gasteiger partial charge in [-0.15, -0.1) is 0 Å². The average molecular weight is 255 g/mol. The van der Waals surface area contributed by atoms with Crippen molar-refractivity contribution in [1.29, 1.82) is 0 Å². The van der Waals surface area contributed by atoms with Gasteiger partial charge < -0.3 is 5.32 Å². The number of hydrogen-bond acceptors (Lipinski definition) is 1. The highest BCUT2D eigenvalue weighted by Gasteiger charge is 1.96. The highest BCUT2D eigenvalue weighted by Crippen LogP contribution is 2.05. The van der Waals surface area contributed by atoms with E-state index in [1.165, 1.54) is 18.2 Å². The van der Waals surface area contributed by atoms with Crippen LogP contribution in [0.15, 0.2) is 60.7 Å². The molecule has 0 aliphatic heterocycles. The van der Waals surface area contributed by atoms with Crippen molar-refractivity contribution in [1.82, 2.24) is 5.32 Å². The molecule has 0 bridgehead atoms. The van der Waals surface area contributed by atoms with Crippen molar-refractivity contribution in [3.63, 3.8) is 0 Å². The number of hydrogen-bond donors (Lipinski definition) is 1. The van der Waals surface area contributed by atoms with Gasteiger partial charge in [-0.05, 0) is 29.3 Å². The van der Waals surface area contributed by atoms with Crippen molar-refractivity contribution in [3.8, 4) is 0 Å². The molecule has 0 unspecified atom stereocenters. The number of rotatable bonds is 4. The normalized spacial score (nSPS) is 10.6. The summed E-state index contributed by atoms with van der Waals surface area (Å²) in [5.41, 5.74) is 1.70. The molecule has 0 saturated heterocycles. The van der Waals surface area contributed by atoms with Crippen molar-refractivity contribution in [2.75, 3.05) is 0 Å². The van der Waals surface area contributed by atoms with E-state index in [0.29, 0.717) is 12.1 Å². The molecule has 0 spiro atoms. The first-order valence-electron chi connectivity index (χ1n) is 5.99. The zero-order valence-corrected chi connectivity index (χ0v) is 10.3. The summed E-state index contributed by atoms with van der Waals surface area (Å²) in [4.78, 5) is 11.6. The lowest BCUT2D eigenvalue weighted by molar-refractivity contribution is -0.116. The molecule has 96 valence electrons. The Morgan fingerprint density at radius 1 is 1.11 bits per heavy atom. The summed E-state index contributed by atoms with van der Waals surface area (Å²) >= 11 is 0. The van der Waals surface area contributed by atoms with Crippen LogP contribution in [0.5, 0.6) is 0 Å². The molecule has 0 fully saturated rings. The highest BCUT2D eigenvalue weighted by molar-refractivity contribution is 5.91. The minimum Gasteiger partial charge on any atom is -0.348 e. The van der Waals surface area contributed by atoms with Crippen LogP contribution >= 0.6 is 0 Å². The van der Waals surface area contributed by atoms with Crippen molar-refractivity contribution in [2.24, 2.45) is 0 Å².